The Morgan fingerprint density at radius 2 is 1.88 bits per heavy atom. The molecule has 1 aromatic carbocycles. The number of carbonyl (C=O) groups excluding carboxylic acids is 1. The smallest absolute Gasteiger partial charge is 0.163 e. The zero-order valence-electron chi connectivity index (χ0n) is 10.4. The third-order valence-electron chi connectivity index (χ3n) is 2.71. The van der Waals surface area contributed by atoms with Crippen LogP contribution in [0.15, 0.2) is 24.3 Å². The lowest BCUT2D eigenvalue weighted by molar-refractivity contribution is 0.0976. The monoisotopic (exact) mass is 219 g/mol. The molecule has 2 heteroatoms. The van der Waals surface area contributed by atoms with E-state index in [9.17, 15) is 4.79 Å². The lowest BCUT2D eigenvalue weighted by Gasteiger charge is -2.12. The van der Waals surface area contributed by atoms with Crippen LogP contribution in [0.2, 0.25) is 0 Å². The van der Waals surface area contributed by atoms with E-state index in [1.165, 1.54) is 0 Å². The van der Waals surface area contributed by atoms with Gasteiger partial charge in [-0.05, 0) is 24.8 Å². The maximum atomic E-state index is 12.0. The highest BCUT2D eigenvalue weighted by Gasteiger charge is 2.13. The van der Waals surface area contributed by atoms with Gasteiger partial charge in [0.25, 0.3) is 0 Å². The maximum Gasteiger partial charge on any atom is 0.163 e. The van der Waals surface area contributed by atoms with Crippen LogP contribution < -0.4 is 5.73 Å². The minimum Gasteiger partial charge on any atom is -0.328 e. The fourth-order valence-electron chi connectivity index (χ4n) is 1.75. The molecular formula is C14H21NO. The van der Waals surface area contributed by atoms with E-state index >= 15 is 0 Å². The van der Waals surface area contributed by atoms with Crippen molar-refractivity contribution >= 4 is 5.78 Å². The second kappa shape index (κ2) is 5.80. The molecule has 0 bridgehead atoms. The summed E-state index contributed by atoms with van der Waals surface area (Å²) in [6, 6.07) is 7.95. The molecule has 0 heterocycles. The van der Waals surface area contributed by atoms with Gasteiger partial charge in [-0.3, -0.25) is 4.79 Å². The lowest BCUT2D eigenvalue weighted by atomic mass is 9.93. The number of carbonyl (C=O) groups is 1. The number of ketones is 1. The molecule has 0 aliphatic heterocycles. The highest BCUT2D eigenvalue weighted by Crippen LogP contribution is 2.20. The van der Waals surface area contributed by atoms with Gasteiger partial charge in [0.1, 0.15) is 0 Å². The van der Waals surface area contributed by atoms with Crippen LogP contribution in [0.3, 0.4) is 0 Å². The fraction of sp³-hybridized carbons (Fsp3) is 0.500. The van der Waals surface area contributed by atoms with Crippen molar-refractivity contribution in [2.75, 3.05) is 0 Å². The summed E-state index contributed by atoms with van der Waals surface area (Å²) in [6.45, 7) is 6.15. The molecule has 0 aromatic heterocycles. The molecule has 0 fully saturated rings. The highest BCUT2D eigenvalue weighted by molar-refractivity contribution is 5.97. The Hall–Kier alpha value is -1.15. The van der Waals surface area contributed by atoms with Crippen molar-refractivity contribution in [2.45, 2.75) is 45.6 Å². The zero-order valence-corrected chi connectivity index (χ0v) is 10.4. The summed E-state index contributed by atoms with van der Waals surface area (Å²) in [5.41, 5.74) is 7.66. The van der Waals surface area contributed by atoms with Gasteiger partial charge < -0.3 is 5.73 Å². The highest BCUT2D eigenvalue weighted by atomic mass is 16.1. The Morgan fingerprint density at radius 1 is 1.25 bits per heavy atom. The first-order valence-corrected chi connectivity index (χ1v) is 5.90. The number of hydrogen-bond acceptors (Lipinski definition) is 2. The molecule has 0 aliphatic rings. The first kappa shape index (κ1) is 12.9. The van der Waals surface area contributed by atoms with Crippen molar-refractivity contribution < 1.29 is 4.79 Å². The van der Waals surface area contributed by atoms with Crippen LogP contribution in [-0.2, 0) is 0 Å². The summed E-state index contributed by atoms with van der Waals surface area (Å²) in [4.78, 5) is 12.0. The molecule has 0 amide bonds. The molecule has 2 N–H and O–H groups in total. The Morgan fingerprint density at radius 3 is 2.44 bits per heavy atom. The average molecular weight is 219 g/mol. The topological polar surface area (TPSA) is 43.1 Å². The number of benzene rings is 1. The van der Waals surface area contributed by atoms with E-state index in [1.54, 1.807) is 0 Å². The van der Waals surface area contributed by atoms with Gasteiger partial charge in [-0.25, -0.2) is 0 Å². The second-order valence-corrected chi connectivity index (χ2v) is 4.68. The molecule has 88 valence electrons. The normalized spacial score (nSPS) is 12.8. The van der Waals surface area contributed by atoms with Gasteiger partial charge in [0.05, 0.1) is 0 Å². The van der Waals surface area contributed by atoms with Gasteiger partial charge in [0.15, 0.2) is 5.78 Å². The van der Waals surface area contributed by atoms with Gasteiger partial charge in [0, 0.05) is 18.0 Å². The standard InChI is InChI=1S/C14H21NO/c1-10(2)12-6-4-5-7-13(12)14(16)9-8-11(3)15/h4-7,10-11H,8-9,15H2,1-3H3. The molecule has 0 saturated carbocycles. The minimum absolute atomic E-state index is 0.0927. The van der Waals surface area contributed by atoms with Gasteiger partial charge in [-0.2, -0.15) is 0 Å². The number of rotatable bonds is 5. The molecule has 0 saturated heterocycles. The molecule has 1 atom stereocenters. The minimum atomic E-state index is 0.0927. The van der Waals surface area contributed by atoms with Crippen molar-refractivity contribution in [1.82, 2.24) is 0 Å². The van der Waals surface area contributed by atoms with Crippen LogP contribution in [0.5, 0.6) is 0 Å². The SMILES string of the molecule is CC(N)CCC(=O)c1ccccc1C(C)C. The van der Waals surface area contributed by atoms with E-state index in [4.69, 9.17) is 5.73 Å². The first-order valence-electron chi connectivity index (χ1n) is 5.90. The van der Waals surface area contributed by atoms with Crippen LogP contribution in [-0.4, -0.2) is 11.8 Å². The van der Waals surface area contributed by atoms with Crippen LogP contribution in [0.1, 0.15) is 55.5 Å². The van der Waals surface area contributed by atoms with Gasteiger partial charge in [0.2, 0.25) is 0 Å². The van der Waals surface area contributed by atoms with Gasteiger partial charge in [-0.1, -0.05) is 38.1 Å². The van der Waals surface area contributed by atoms with E-state index in [2.05, 4.69) is 13.8 Å². The predicted molar refractivity (Wildman–Crippen MR) is 67.7 cm³/mol. The molecule has 2 nitrogen and oxygen atoms in total. The number of hydrogen-bond donors (Lipinski definition) is 1. The summed E-state index contributed by atoms with van der Waals surface area (Å²) >= 11 is 0. The summed E-state index contributed by atoms with van der Waals surface area (Å²) in [6.07, 6.45) is 1.30. The Kier molecular flexibility index (Phi) is 4.69. The first-order chi connectivity index (χ1) is 7.52. The average Bonchev–Trinajstić information content (AvgIpc) is 2.25. The molecule has 0 aliphatic carbocycles. The Bertz CT molecular complexity index is 356. The number of Topliss-reactive ketones (excluding diaryl/α,β-unsaturated/α-hetero) is 1. The van der Waals surface area contributed by atoms with Gasteiger partial charge in [-0.15, -0.1) is 0 Å². The summed E-state index contributed by atoms with van der Waals surface area (Å²) < 4.78 is 0. The summed E-state index contributed by atoms with van der Waals surface area (Å²) in [5, 5.41) is 0. The Labute approximate surface area is 97.9 Å². The van der Waals surface area contributed by atoms with E-state index < -0.39 is 0 Å². The maximum absolute atomic E-state index is 12.0. The third kappa shape index (κ3) is 3.46. The van der Waals surface area contributed by atoms with E-state index in [0.717, 1.165) is 17.5 Å². The van der Waals surface area contributed by atoms with Crippen molar-refractivity contribution in [2.24, 2.45) is 5.73 Å². The van der Waals surface area contributed by atoms with Crippen molar-refractivity contribution in [3.05, 3.63) is 35.4 Å². The molecule has 16 heavy (non-hydrogen) atoms. The second-order valence-electron chi connectivity index (χ2n) is 4.68. The van der Waals surface area contributed by atoms with Crippen molar-refractivity contribution in [3.8, 4) is 0 Å². The largest absolute Gasteiger partial charge is 0.328 e. The Balaban J connectivity index is 2.82. The van der Waals surface area contributed by atoms with Gasteiger partial charge >= 0.3 is 0 Å². The summed E-state index contributed by atoms with van der Waals surface area (Å²) in [7, 11) is 0. The zero-order chi connectivity index (χ0) is 12.1. The number of nitrogens with two attached hydrogens (primary N) is 1. The van der Waals surface area contributed by atoms with Crippen molar-refractivity contribution in [1.29, 1.82) is 0 Å². The van der Waals surface area contributed by atoms with Crippen molar-refractivity contribution in [3.63, 3.8) is 0 Å². The fourth-order valence-corrected chi connectivity index (χ4v) is 1.75. The van der Waals surface area contributed by atoms with E-state index in [-0.39, 0.29) is 11.8 Å². The predicted octanol–water partition coefficient (Wildman–Crippen LogP) is 3.12. The third-order valence-corrected chi connectivity index (χ3v) is 2.71. The van der Waals surface area contributed by atoms with Crippen LogP contribution in [0, 0.1) is 0 Å². The van der Waals surface area contributed by atoms with E-state index in [0.29, 0.717) is 12.3 Å². The van der Waals surface area contributed by atoms with Crippen LogP contribution in [0.25, 0.3) is 0 Å². The quantitative estimate of drug-likeness (QED) is 0.773. The van der Waals surface area contributed by atoms with E-state index in [1.807, 2.05) is 31.2 Å². The molecule has 1 unspecified atom stereocenters. The molecule has 0 radical (unpaired) electrons. The lowest BCUT2D eigenvalue weighted by Crippen LogP contribution is -2.17. The molecular weight excluding hydrogens is 198 g/mol. The summed E-state index contributed by atoms with van der Waals surface area (Å²) in [5.74, 6) is 0.594. The van der Waals surface area contributed by atoms with Crippen LogP contribution >= 0.6 is 0 Å². The van der Waals surface area contributed by atoms with Crippen LogP contribution in [0.4, 0.5) is 0 Å². The molecule has 0 spiro atoms. The molecule has 1 aromatic rings. The molecule has 1 rings (SSSR count).